The topological polar surface area (TPSA) is 66.8 Å². The van der Waals surface area contributed by atoms with Crippen molar-refractivity contribution < 1.29 is 23.8 Å². The fourth-order valence-electron chi connectivity index (χ4n) is 4.91. The van der Waals surface area contributed by atoms with Crippen LogP contribution in [0.15, 0.2) is 54.6 Å². The molecule has 1 fully saturated rings. The number of amides is 1. The molecule has 2 atom stereocenters. The number of benzene rings is 2. The first kappa shape index (κ1) is 21.8. The molecule has 0 spiro atoms. The molecule has 170 valence electrons. The lowest BCUT2D eigenvalue weighted by Gasteiger charge is -2.28. The largest absolute Gasteiger partial charge is 0.481 e. The average Bonchev–Trinajstić information content (AvgIpc) is 3.34. The van der Waals surface area contributed by atoms with E-state index in [2.05, 4.69) is 0 Å². The predicted octanol–water partition coefficient (Wildman–Crippen LogP) is 4.81. The molecular formula is C26H24FNO4S. The van der Waals surface area contributed by atoms with Crippen molar-refractivity contribution in [1.82, 2.24) is 4.90 Å². The summed E-state index contributed by atoms with van der Waals surface area (Å²) in [6.07, 6.45) is 0.400. The van der Waals surface area contributed by atoms with Crippen molar-refractivity contribution in [2.75, 3.05) is 26.3 Å². The van der Waals surface area contributed by atoms with E-state index in [1.807, 2.05) is 30.3 Å². The smallest absolute Gasteiger partial charge is 0.310 e. The zero-order chi connectivity index (χ0) is 23.2. The molecule has 1 aliphatic heterocycles. The summed E-state index contributed by atoms with van der Waals surface area (Å²) in [5.41, 5.74) is 2.21. The number of rotatable bonds is 4. The van der Waals surface area contributed by atoms with Gasteiger partial charge in [0.2, 0.25) is 0 Å². The zero-order valence-electron chi connectivity index (χ0n) is 18.2. The number of carboxylic acids is 1. The van der Waals surface area contributed by atoms with Crippen LogP contribution in [0.4, 0.5) is 4.39 Å². The first-order chi connectivity index (χ1) is 15.9. The molecule has 2 heterocycles. The fraction of sp³-hybridized carbons (Fsp3) is 0.308. The lowest BCUT2D eigenvalue weighted by atomic mass is 9.74. The number of ether oxygens (including phenoxy) is 1. The second-order valence-corrected chi connectivity index (χ2v) is 10.00. The van der Waals surface area contributed by atoms with E-state index in [-0.39, 0.29) is 11.7 Å². The van der Waals surface area contributed by atoms with Gasteiger partial charge in [-0.1, -0.05) is 24.3 Å². The van der Waals surface area contributed by atoms with E-state index in [0.29, 0.717) is 43.9 Å². The second kappa shape index (κ2) is 8.39. The van der Waals surface area contributed by atoms with E-state index in [1.165, 1.54) is 12.1 Å². The van der Waals surface area contributed by atoms with Gasteiger partial charge in [-0.25, -0.2) is 4.39 Å². The molecule has 1 saturated heterocycles. The molecule has 3 aromatic rings. The van der Waals surface area contributed by atoms with Crippen molar-refractivity contribution in [3.63, 3.8) is 0 Å². The number of thiophene rings is 1. The minimum Gasteiger partial charge on any atom is -0.481 e. The first-order valence-electron chi connectivity index (χ1n) is 11.0. The van der Waals surface area contributed by atoms with Gasteiger partial charge in [0, 0.05) is 34.3 Å². The Morgan fingerprint density at radius 3 is 2.52 bits per heavy atom. The summed E-state index contributed by atoms with van der Waals surface area (Å²) in [5, 5.41) is 10.0. The Kier molecular flexibility index (Phi) is 5.54. The van der Waals surface area contributed by atoms with E-state index < -0.39 is 17.3 Å². The highest BCUT2D eigenvalue weighted by molar-refractivity contribution is 7.15. The zero-order valence-corrected chi connectivity index (χ0v) is 19.0. The Hall–Kier alpha value is -3.03. The Morgan fingerprint density at radius 2 is 1.85 bits per heavy atom. The summed E-state index contributed by atoms with van der Waals surface area (Å²) in [5.74, 6) is -1.67. The van der Waals surface area contributed by atoms with Crippen LogP contribution in [0.25, 0.3) is 10.4 Å². The van der Waals surface area contributed by atoms with Crippen molar-refractivity contribution >= 4 is 23.2 Å². The van der Waals surface area contributed by atoms with Gasteiger partial charge in [0.1, 0.15) is 5.82 Å². The van der Waals surface area contributed by atoms with Gasteiger partial charge in [-0.2, -0.15) is 0 Å². The van der Waals surface area contributed by atoms with E-state index in [1.54, 1.807) is 35.3 Å². The van der Waals surface area contributed by atoms with Crippen LogP contribution in [0, 0.1) is 11.2 Å². The van der Waals surface area contributed by atoms with Crippen molar-refractivity contribution in [2.24, 2.45) is 5.41 Å². The number of carboxylic acid groups (broad SMARTS) is 1. The standard InChI is InChI=1S/C26H24FNO4S/c1-26(25(30)31)15-22-20(23(26)18-3-2-4-19(27)13-18)14-21(33-22)16-5-7-17(8-6-16)24(29)28-9-11-32-12-10-28/h2-8,13-14,23H,9-12,15H2,1H3,(H,30,31). The van der Waals surface area contributed by atoms with Crippen LogP contribution in [0.1, 0.15) is 39.2 Å². The summed E-state index contributed by atoms with van der Waals surface area (Å²) in [7, 11) is 0. The van der Waals surface area contributed by atoms with Crippen molar-refractivity contribution in [3.8, 4) is 10.4 Å². The van der Waals surface area contributed by atoms with Gasteiger partial charge >= 0.3 is 5.97 Å². The molecule has 33 heavy (non-hydrogen) atoms. The highest BCUT2D eigenvalue weighted by Gasteiger charge is 2.50. The number of carbonyl (C=O) groups is 2. The van der Waals surface area contributed by atoms with Gasteiger partial charge in [-0.05, 0) is 60.4 Å². The molecule has 2 aliphatic rings. The van der Waals surface area contributed by atoms with Crippen LogP contribution in [0.5, 0.6) is 0 Å². The Bertz CT molecular complexity index is 1220. The normalized spacial score (nSPS) is 22.2. The van der Waals surface area contributed by atoms with Gasteiger partial charge in [-0.3, -0.25) is 9.59 Å². The average molecular weight is 466 g/mol. The van der Waals surface area contributed by atoms with Gasteiger partial charge in [0.15, 0.2) is 0 Å². The number of aliphatic carboxylic acids is 1. The van der Waals surface area contributed by atoms with Gasteiger partial charge in [-0.15, -0.1) is 11.3 Å². The molecule has 1 N–H and O–H groups in total. The van der Waals surface area contributed by atoms with E-state index >= 15 is 0 Å². The molecule has 0 bridgehead atoms. The Morgan fingerprint density at radius 1 is 1.12 bits per heavy atom. The molecule has 7 heteroatoms. The molecule has 0 radical (unpaired) electrons. The van der Waals surface area contributed by atoms with E-state index in [0.717, 1.165) is 20.9 Å². The van der Waals surface area contributed by atoms with Crippen LogP contribution in [0.2, 0.25) is 0 Å². The maximum atomic E-state index is 14.0. The number of hydrogen-bond donors (Lipinski definition) is 1. The van der Waals surface area contributed by atoms with Crippen molar-refractivity contribution in [3.05, 3.63) is 82.0 Å². The molecule has 5 nitrogen and oxygen atoms in total. The monoisotopic (exact) mass is 465 g/mol. The third-order valence-corrected chi connectivity index (χ3v) is 7.90. The molecule has 1 amide bonds. The van der Waals surface area contributed by atoms with Gasteiger partial charge in [0.25, 0.3) is 5.91 Å². The summed E-state index contributed by atoms with van der Waals surface area (Å²) in [4.78, 5) is 28.7. The van der Waals surface area contributed by atoms with E-state index in [4.69, 9.17) is 4.74 Å². The number of fused-ring (bicyclic) bond motifs is 1. The summed E-state index contributed by atoms with van der Waals surface area (Å²) in [6, 6.07) is 15.8. The second-order valence-electron chi connectivity index (χ2n) is 8.86. The Balaban J connectivity index is 1.45. The lowest BCUT2D eigenvalue weighted by Crippen LogP contribution is -2.40. The molecule has 2 aromatic carbocycles. The molecule has 1 aromatic heterocycles. The SMILES string of the molecule is CC1(C(=O)O)Cc2sc(-c3ccc(C(=O)N4CCOCC4)cc3)cc2C1c1cccc(F)c1. The summed E-state index contributed by atoms with van der Waals surface area (Å²) >= 11 is 1.57. The third kappa shape index (κ3) is 3.85. The fourth-order valence-corrected chi connectivity index (χ4v) is 6.28. The quantitative estimate of drug-likeness (QED) is 0.601. The number of hydrogen-bond acceptors (Lipinski definition) is 4. The van der Waals surface area contributed by atoms with Crippen LogP contribution in [-0.4, -0.2) is 48.2 Å². The van der Waals surface area contributed by atoms with Crippen LogP contribution in [0.3, 0.4) is 0 Å². The minimum atomic E-state index is -1.03. The molecular weight excluding hydrogens is 441 g/mol. The first-order valence-corrected chi connectivity index (χ1v) is 11.8. The highest BCUT2D eigenvalue weighted by atomic mass is 32.1. The maximum absolute atomic E-state index is 14.0. The maximum Gasteiger partial charge on any atom is 0.310 e. The molecule has 2 unspecified atom stereocenters. The number of nitrogens with zero attached hydrogens (tertiary/aromatic N) is 1. The molecule has 0 saturated carbocycles. The van der Waals surface area contributed by atoms with Gasteiger partial charge in [0.05, 0.1) is 18.6 Å². The van der Waals surface area contributed by atoms with Crippen LogP contribution in [-0.2, 0) is 16.0 Å². The predicted molar refractivity (Wildman–Crippen MR) is 124 cm³/mol. The van der Waals surface area contributed by atoms with Gasteiger partial charge < -0.3 is 14.7 Å². The summed E-state index contributed by atoms with van der Waals surface area (Å²) < 4.78 is 19.3. The van der Waals surface area contributed by atoms with Crippen molar-refractivity contribution in [1.29, 1.82) is 0 Å². The van der Waals surface area contributed by atoms with Crippen molar-refractivity contribution in [2.45, 2.75) is 19.3 Å². The molecule has 1 aliphatic carbocycles. The van der Waals surface area contributed by atoms with E-state index in [9.17, 15) is 19.1 Å². The van der Waals surface area contributed by atoms with Crippen LogP contribution < -0.4 is 0 Å². The lowest BCUT2D eigenvalue weighted by molar-refractivity contribution is -0.148. The third-order valence-electron chi connectivity index (χ3n) is 6.70. The minimum absolute atomic E-state index is 0.00178. The van der Waals surface area contributed by atoms with Crippen LogP contribution >= 0.6 is 11.3 Å². The summed E-state index contributed by atoms with van der Waals surface area (Å²) in [6.45, 7) is 4.06. The Labute approximate surface area is 195 Å². The number of halogens is 1. The molecule has 5 rings (SSSR count). The number of morpholine rings is 1. The number of carbonyl (C=O) groups excluding carboxylic acids is 1. The highest BCUT2D eigenvalue weighted by Crippen LogP contribution is 2.54.